The molecule has 0 unspecified atom stereocenters. The van der Waals surface area contributed by atoms with Crippen LogP contribution in [0, 0.1) is 12.8 Å². The molecule has 0 spiro atoms. The molecule has 1 aromatic rings. The van der Waals surface area contributed by atoms with Crippen LogP contribution in [0.4, 0.5) is 0 Å². The molecule has 0 aliphatic rings. The van der Waals surface area contributed by atoms with Crippen LogP contribution in [0.2, 0.25) is 0 Å². The molecule has 1 aromatic carbocycles. The maximum absolute atomic E-state index is 11.7. The van der Waals surface area contributed by atoms with Crippen LogP contribution in [0.1, 0.15) is 38.8 Å². The Bertz CT molecular complexity index is 456. The second kappa shape index (κ2) is 8.67. The van der Waals surface area contributed by atoms with Crippen molar-refractivity contribution in [3.8, 4) is 5.75 Å². The second-order valence-electron chi connectivity index (χ2n) is 6.10. The predicted octanol–water partition coefficient (Wildman–Crippen LogP) is 2.64. The summed E-state index contributed by atoms with van der Waals surface area (Å²) < 4.78 is 5.74. The molecule has 4 heteroatoms. The summed E-state index contributed by atoms with van der Waals surface area (Å²) in [6.45, 7) is 12.0. The highest BCUT2D eigenvalue weighted by Crippen LogP contribution is 2.23. The quantitative estimate of drug-likeness (QED) is 0.774. The summed E-state index contributed by atoms with van der Waals surface area (Å²) in [6, 6.07) is 6.19. The van der Waals surface area contributed by atoms with Gasteiger partial charge in [0.1, 0.15) is 5.75 Å². The van der Waals surface area contributed by atoms with Gasteiger partial charge in [0.25, 0.3) is 5.91 Å². The van der Waals surface area contributed by atoms with E-state index in [-0.39, 0.29) is 18.6 Å². The zero-order chi connectivity index (χ0) is 15.8. The van der Waals surface area contributed by atoms with Gasteiger partial charge in [-0.25, -0.2) is 0 Å². The lowest BCUT2D eigenvalue weighted by Gasteiger charge is -2.16. The van der Waals surface area contributed by atoms with Gasteiger partial charge in [0, 0.05) is 18.2 Å². The third-order valence-electron chi connectivity index (χ3n) is 2.96. The van der Waals surface area contributed by atoms with E-state index in [4.69, 9.17) is 4.74 Å². The maximum atomic E-state index is 11.7. The van der Waals surface area contributed by atoms with E-state index >= 15 is 0 Å². The molecule has 0 aliphatic heterocycles. The van der Waals surface area contributed by atoms with Crippen LogP contribution in [0.15, 0.2) is 18.2 Å². The summed E-state index contributed by atoms with van der Waals surface area (Å²) >= 11 is 0. The van der Waals surface area contributed by atoms with Gasteiger partial charge in [-0.3, -0.25) is 4.79 Å². The predicted molar refractivity (Wildman–Crippen MR) is 86.5 cm³/mol. The fourth-order valence-corrected chi connectivity index (χ4v) is 2.06. The number of carbonyl (C=O) groups is 1. The lowest BCUT2D eigenvalue weighted by molar-refractivity contribution is -0.123. The Morgan fingerprint density at radius 1 is 1.24 bits per heavy atom. The van der Waals surface area contributed by atoms with Crippen molar-refractivity contribution in [2.75, 3.05) is 13.2 Å². The largest absolute Gasteiger partial charge is 0.483 e. The molecule has 4 nitrogen and oxygen atoms in total. The van der Waals surface area contributed by atoms with E-state index in [0.29, 0.717) is 5.92 Å². The Morgan fingerprint density at radius 3 is 2.57 bits per heavy atom. The van der Waals surface area contributed by atoms with Gasteiger partial charge in [0.2, 0.25) is 0 Å². The zero-order valence-electron chi connectivity index (χ0n) is 13.8. The van der Waals surface area contributed by atoms with E-state index < -0.39 is 0 Å². The van der Waals surface area contributed by atoms with Crippen molar-refractivity contribution in [2.45, 2.75) is 47.2 Å². The Hall–Kier alpha value is -1.55. The number of rotatable bonds is 8. The Kier molecular flexibility index (Phi) is 7.23. The van der Waals surface area contributed by atoms with Crippen molar-refractivity contribution in [2.24, 2.45) is 5.92 Å². The maximum Gasteiger partial charge on any atom is 0.258 e. The molecular formula is C17H28N2O2. The lowest BCUT2D eigenvalue weighted by Crippen LogP contribution is -2.34. The number of para-hydroxylation sites is 1. The first-order valence-corrected chi connectivity index (χ1v) is 7.61. The van der Waals surface area contributed by atoms with Gasteiger partial charge in [0.15, 0.2) is 6.61 Å². The van der Waals surface area contributed by atoms with Crippen LogP contribution in [0.5, 0.6) is 5.75 Å². The van der Waals surface area contributed by atoms with Gasteiger partial charge in [-0.05, 0) is 38.8 Å². The van der Waals surface area contributed by atoms with Crippen LogP contribution in [0.3, 0.4) is 0 Å². The number of nitrogens with one attached hydrogen (secondary N) is 2. The zero-order valence-corrected chi connectivity index (χ0v) is 13.8. The molecule has 0 aromatic heterocycles. The van der Waals surface area contributed by atoms with E-state index in [9.17, 15) is 4.79 Å². The fraction of sp³-hybridized carbons (Fsp3) is 0.588. The molecule has 0 saturated heterocycles. The van der Waals surface area contributed by atoms with Crippen LogP contribution in [-0.2, 0) is 11.3 Å². The normalized spacial score (nSPS) is 11.0. The minimum atomic E-state index is -0.0886. The lowest BCUT2D eigenvalue weighted by atomic mass is 10.1. The summed E-state index contributed by atoms with van der Waals surface area (Å²) in [7, 11) is 0. The number of ether oxygens (including phenoxy) is 1. The van der Waals surface area contributed by atoms with Crippen molar-refractivity contribution in [3.63, 3.8) is 0 Å². The Balaban J connectivity index is 2.64. The van der Waals surface area contributed by atoms with Gasteiger partial charge in [-0.2, -0.15) is 0 Å². The van der Waals surface area contributed by atoms with Crippen molar-refractivity contribution in [3.05, 3.63) is 29.3 Å². The first-order chi connectivity index (χ1) is 9.90. The third kappa shape index (κ3) is 6.63. The Morgan fingerprint density at radius 2 is 1.95 bits per heavy atom. The number of benzene rings is 1. The van der Waals surface area contributed by atoms with E-state index in [1.54, 1.807) is 0 Å². The first-order valence-electron chi connectivity index (χ1n) is 7.61. The van der Waals surface area contributed by atoms with E-state index in [2.05, 4.69) is 24.5 Å². The molecule has 1 amide bonds. The SMILES string of the molecule is Cc1cccc(CNCC(C)C)c1OCC(=O)NC(C)C. The highest BCUT2D eigenvalue weighted by Gasteiger charge is 2.10. The van der Waals surface area contributed by atoms with E-state index in [1.165, 1.54) is 0 Å². The van der Waals surface area contributed by atoms with Crippen molar-refractivity contribution < 1.29 is 9.53 Å². The number of hydrogen-bond donors (Lipinski definition) is 2. The fourth-order valence-electron chi connectivity index (χ4n) is 2.06. The van der Waals surface area contributed by atoms with E-state index in [0.717, 1.165) is 30.0 Å². The molecular weight excluding hydrogens is 264 g/mol. The second-order valence-corrected chi connectivity index (χ2v) is 6.10. The van der Waals surface area contributed by atoms with Crippen LogP contribution < -0.4 is 15.4 Å². The average Bonchev–Trinajstić information content (AvgIpc) is 2.36. The topological polar surface area (TPSA) is 50.4 Å². The number of aryl methyl sites for hydroxylation is 1. The van der Waals surface area contributed by atoms with Crippen LogP contribution in [-0.4, -0.2) is 25.1 Å². The van der Waals surface area contributed by atoms with Crippen LogP contribution >= 0.6 is 0 Å². The monoisotopic (exact) mass is 292 g/mol. The minimum absolute atomic E-state index is 0.0558. The average molecular weight is 292 g/mol. The molecule has 0 fully saturated rings. The molecule has 2 N–H and O–H groups in total. The molecule has 118 valence electrons. The Labute approximate surface area is 128 Å². The molecule has 0 atom stereocenters. The molecule has 0 radical (unpaired) electrons. The third-order valence-corrected chi connectivity index (χ3v) is 2.96. The van der Waals surface area contributed by atoms with Crippen molar-refractivity contribution >= 4 is 5.91 Å². The summed E-state index contributed by atoms with van der Waals surface area (Å²) in [4.78, 5) is 11.7. The summed E-state index contributed by atoms with van der Waals surface area (Å²) in [5.74, 6) is 1.33. The summed E-state index contributed by atoms with van der Waals surface area (Å²) in [5.41, 5.74) is 2.14. The molecule has 0 aliphatic carbocycles. The van der Waals surface area contributed by atoms with Crippen molar-refractivity contribution in [1.82, 2.24) is 10.6 Å². The van der Waals surface area contributed by atoms with E-state index in [1.807, 2.05) is 39.0 Å². The molecule has 0 saturated carbocycles. The highest BCUT2D eigenvalue weighted by atomic mass is 16.5. The minimum Gasteiger partial charge on any atom is -0.483 e. The number of hydrogen-bond acceptors (Lipinski definition) is 3. The highest BCUT2D eigenvalue weighted by molar-refractivity contribution is 5.77. The van der Waals surface area contributed by atoms with Gasteiger partial charge < -0.3 is 15.4 Å². The van der Waals surface area contributed by atoms with Gasteiger partial charge in [-0.1, -0.05) is 32.0 Å². The summed E-state index contributed by atoms with van der Waals surface area (Å²) in [6.07, 6.45) is 0. The first kappa shape index (κ1) is 17.5. The molecule has 0 heterocycles. The van der Waals surface area contributed by atoms with Crippen LogP contribution in [0.25, 0.3) is 0 Å². The molecule has 1 rings (SSSR count). The van der Waals surface area contributed by atoms with Gasteiger partial charge >= 0.3 is 0 Å². The number of carbonyl (C=O) groups excluding carboxylic acids is 1. The number of amides is 1. The van der Waals surface area contributed by atoms with Gasteiger partial charge in [0.05, 0.1) is 0 Å². The molecule has 0 bridgehead atoms. The van der Waals surface area contributed by atoms with Crippen molar-refractivity contribution in [1.29, 1.82) is 0 Å². The summed E-state index contributed by atoms with van der Waals surface area (Å²) in [5, 5.41) is 6.24. The standard InChI is InChI=1S/C17H28N2O2/c1-12(2)9-18-10-15-8-6-7-14(5)17(15)21-11-16(20)19-13(3)4/h6-8,12-13,18H,9-11H2,1-5H3,(H,19,20). The van der Waals surface area contributed by atoms with Gasteiger partial charge in [-0.15, -0.1) is 0 Å². The smallest absolute Gasteiger partial charge is 0.258 e. The molecule has 21 heavy (non-hydrogen) atoms.